The number of aromatic nitrogens is 2. The monoisotopic (exact) mass is 391 g/mol. The molecule has 2 heterocycles. The molecular formula is C19H25N3O2S2. The maximum absolute atomic E-state index is 13.1. The standard InChI is InChI=1S/C19H25N3O2S2/c1-3-9-22-18(24)16-13-5-4-6-14(13)26-17(16)21-19(22)25-10-15(23)20-11(2)12-7-8-12/h11-12H,3-10H2,1-2H3,(H,20,23)/t11-/m0/s1. The summed E-state index contributed by atoms with van der Waals surface area (Å²) in [4.78, 5) is 32.3. The summed E-state index contributed by atoms with van der Waals surface area (Å²) in [6.07, 6.45) is 6.50. The van der Waals surface area contributed by atoms with E-state index in [1.807, 2.05) is 0 Å². The molecule has 26 heavy (non-hydrogen) atoms. The molecule has 2 aliphatic carbocycles. The van der Waals surface area contributed by atoms with Gasteiger partial charge in [-0.25, -0.2) is 4.98 Å². The van der Waals surface area contributed by atoms with Crippen molar-refractivity contribution >= 4 is 39.2 Å². The minimum Gasteiger partial charge on any atom is -0.353 e. The van der Waals surface area contributed by atoms with Gasteiger partial charge in [-0.05, 0) is 56.9 Å². The summed E-state index contributed by atoms with van der Waals surface area (Å²) in [6, 6.07) is 0.247. The minimum atomic E-state index is 0.0282. The van der Waals surface area contributed by atoms with Crippen molar-refractivity contribution in [3.05, 3.63) is 20.8 Å². The Bertz CT molecular complexity index is 898. The normalized spacial score (nSPS) is 17.5. The zero-order chi connectivity index (χ0) is 18.3. The molecule has 1 atom stereocenters. The molecule has 140 valence electrons. The van der Waals surface area contributed by atoms with Gasteiger partial charge in [0.15, 0.2) is 5.16 Å². The molecule has 0 bridgehead atoms. The van der Waals surface area contributed by atoms with E-state index in [1.54, 1.807) is 15.9 Å². The predicted molar refractivity (Wildman–Crippen MR) is 107 cm³/mol. The summed E-state index contributed by atoms with van der Waals surface area (Å²) in [7, 11) is 0. The van der Waals surface area contributed by atoms with Gasteiger partial charge in [-0.3, -0.25) is 14.2 Å². The lowest BCUT2D eigenvalue weighted by atomic mass is 10.2. The van der Waals surface area contributed by atoms with Gasteiger partial charge < -0.3 is 5.32 Å². The van der Waals surface area contributed by atoms with Crippen molar-refractivity contribution in [1.29, 1.82) is 0 Å². The average molecular weight is 392 g/mol. The molecule has 0 aliphatic heterocycles. The van der Waals surface area contributed by atoms with E-state index >= 15 is 0 Å². The molecule has 0 unspecified atom stereocenters. The molecule has 7 heteroatoms. The molecule has 5 nitrogen and oxygen atoms in total. The quantitative estimate of drug-likeness (QED) is 0.581. The van der Waals surface area contributed by atoms with Crippen molar-refractivity contribution in [2.45, 2.75) is 70.1 Å². The SMILES string of the molecule is CCCn1c(SCC(=O)N[C@@H](C)C2CC2)nc2sc3c(c2c1=O)CCC3. The van der Waals surface area contributed by atoms with Gasteiger partial charge in [0.05, 0.1) is 11.1 Å². The molecule has 1 saturated carbocycles. The third kappa shape index (κ3) is 3.43. The van der Waals surface area contributed by atoms with Crippen LogP contribution in [-0.2, 0) is 24.2 Å². The van der Waals surface area contributed by atoms with Crippen molar-refractivity contribution < 1.29 is 4.79 Å². The molecule has 2 aromatic rings. The third-order valence-electron chi connectivity index (χ3n) is 5.29. The summed E-state index contributed by atoms with van der Waals surface area (Å²) >= 11 is 3.05. The lowest BCUT2D eigenvalue weighted by molar-refractivity contribution is -0.119. The Morgan fingerprint density at radius 3 is 2.96 bits per heavy atom. The van der Waals surface area contributed by atoms with Crippen LogP contribution >= 0.6 is 23.1 Å². The van der Waals surface area contributed by atoms with Crippen molar-refractivity contribution in [3.8, 4) is 0 Å². The zero-order valence-electron chi connectivity index (χ0n) is 15.3. The van der Waals surface area contributed by atoms with E-state index in [0.717, 1.165) is 35.9 Å². The second kappa shape index (κ2) is 7.35. The second-order valence-corrected chi connectivity index (χ2v) is 9.40. The molecular weight excluding hydrogens is 366 g/mol. The Morgan fingerprint density at radius 1 is 1.42 bits per heavy atom. The molecule has 0 radical (unpaired) electrons. The third-order valence-corrected chi connectivity index (χ3v) is 7.45. The average Bonchev–Trinajstić information content (AvgIpc) is 3.27. The maximum atomic E-state index is 13.1. The number of nitrogens with zero attached hydrogens (tertiary/aromatic N) is 2. The van der Waals surface area contributed by atoms with Crippen molar-refractivity contribution in [2.75, 3.05) is 5.75 Å². The Morgan fingerprint density at radius 2 is 2.23 bits per heavy atom. The zero-order valence-corrected chi connectivity index (χ0v) is 17.0. The van der Waals surface area contributed by atoms with Gasteiger partial charge in [0.2, 0.25) is 5.91 Å². The number of fused-ring (bicyclic) bond motifs is 3. The van der Waals surface area contributed by atoms with E-state index in [-0.39, 0.29) is 17.5 Å². The predicted octanol–water partition coefficient (Wildman–Crippen LogP) is 3.36. The van der Waals surface area contributed by atoms with Crippen LogP contribution in [0.25, 0.3) is 10.2 Å². The highest BCUT2D eigenvalue weighted by Crippen LogP contribution is 2.35. The maximum Gasteiger partial charge on any atom is 0.263 e. The molecule has 0 saturated heterocycles. The molecule has 2 aliphatic rings. The van der Waals surface area contributed by atoms with Crippen molar-refractivity contribution in [2.24, 2.45) is 5.92 Å². The summed E-state index contributed by atoms with van der Waals surface area (Å²) in [5.74, 6) is 0.981. The van der Waals surface area contributed by atoms with E-state index in [1.165, 1.54) is 35.0 Å². The Balaban J connectivity index is 1.58. The van der Waals surface area contributed by atoms with Crippen LogP contribution in [0.5, 0.6) is 0 Å². The van der Waals surface area contributed by atoms with E-state index < -0.39 is 0 Å². The van der Waals surface area contributed by atoms with E-state index in [2.05, 4.69) is 19.2 Å². The summed E-state index contributed by atoms with van der Waals surface area (Å²) in [5, 5.41) is 4.58. The van der Waals surface area contributed by atoms with Gasteiger partial charge in [0.1, 0.15) is 4.83 Å². The van der Waals surface area contributed by atoms with Crippen LogP contribution in [0.1, 0.15) is 50.0 Å². The Kier molecular flexibility index (Phi) is 5.10. The van der Waals surface area contributed by atoms with E-state index in [0.29, 0.717) is 23.4 Å². The van der Waals surface area contributed by atoms with E-state index in [9.17, 15) is 9.59 Å². The highest BCUT2D eigenvalue weighted by atomic mass is 32.2. The van der Waals surface area contributed by atoms with Gasteiger partial charge in [-0.15, -0.1) is 11.3 Å². The fourth-order valence-corrected chi connectivity index (χ4v) is 5.87. The number of hydrogen-bond donors (Lipinski definition) is 1. The van der Waals surface area contributed by atoms with Crippen LogP contribution in [-0.4, -0.2) is 27.3 Å². The second-order valence-electron chi connectivity index (χ2n) is 7.37. The number of carbonyl (C=O) groups is 1. The van der Waals surface area contributed by atoms with Crippen LogP contribution in [0.3, 0.4) is 0 Å². The van der Waals surface area contributed by atoms with Crippen molar-refractivity contribution in [1.82, 2.24) is 14.9 Å². The Hall–Kier alpha value is -1.34. The lowest BCUT2D eigenvalue weighted by Gasteiger charge is -2.14. The van der Waals surface area contributed by atoms with Crippen LogP contribution in [0.4, 0.5) is 0 Å². The number of thioether (sulfide) groups is 1. The van der Waals surface area contributed by atoms with Crippen LogP contribution in [0.15, 0.2) is 9.95 Å². The number of thiophene rings is 1. The Labute approximate surface area is 161 Å². The largest absolute Gasteiger partial charge is 0.353 e. The first kappa shape index (κ1) is 18.0. The summed E-state index contributed by atoms with van der Waals surface area (Å²) < 4.78 is 1.77. The molecule has 0 aromatic carbocycles. The fourth-order valence-electron chi connectivity index (χ4n) is 3.73. The fraction of sp³-hybridized carbons (Fsp3) is 0.632. The first-order chi connectivity index (χ1) is 12.6. The highest BCUT2D eigenvalue weighted by Gasteiger charge is 2.29. The van der Waals surface area contributed by atoms with Crippen LogP contribution in [0.2, 0.25) is 0 Å². The number of rotatable bonds is 7. The first-order valence-electron chi connectivity index (χ1n) is 9.55. The first-order valence-corrected chi connectivity index (χ1v) is 11.4. The van der Waals surface area contributed by atoms with Gasteiger partial charge in [0, 0.05) is 17.5 Å². The van der Waals surface area contributed by atoms with Crippen molar-refractivity contribution in [3.63, 3.8) is 0 Å². The molecule has 2 aromatic heterocycles. The summed E-state index contributed by atoms with van der Waals surface area (Å²) in [5.41, 5.74) is 1.30. The number of aryl methyl sites for hydroxylation is 2. The molecule has 1 amide bonds. The van der Waals surface area contributed by atoms with Crippen LogP contribution in [0, 0.1) is 5.92 Å². The van der Waals surface area contributed by atoms with E-state index in [4.69, 9.17) is 4.98 Å². The molecule has 1 fully saturated rings. The smallest absolute Gasteiger partial charge is 0.263 e. The molecule has 4 rings (SSSR count). The van der Waals surface area contributed by atoms with Gasteiger partial charge in [-0.1, -0.05) is 18.7 Å². The van der Waals surface area contributed by atoms with Gasteiger partial charge >= 0.3 is 0 Å². The minimum absolute atomic E-state index is 0.0282. The number of nitrogens with one attached hydrogen (secondary N) is 1. The lowest BCUT2D eigenvalue weighted by Crippen LogP contribution is -2.35. The number of carbonyl (C=O) groups excluding carboxylic acids is 1. The highest BCUT2D eigenvalue weighted by molar-refractivity contribution is 7.99. The van der Waals surface area contributed by atoms with Crippen LogP contribution < -0.4 is 10.9 Å². The van der Waals surface area contributed by atoms with Gasteiger partial charge in [-0.2, -0.15) is 0 Å². The number of hydrogen-bond acceptors (Lipinski definition) is 5. The molecule has 1 N–H and O–H groups in total. The molecule has 0 spiro atoms. The topological polar surface area (TPSA) is 64.0 Å². The summed E-state index contributed by atoms with van der Waals surface area (Å²) in [6.45, 7) is 4.78. The van der Waals surface area contributed by atoms with Gasteiger partial charge in [0.25, 0.3) is 5.56 Å². The number of amides is 1.